The number of likely N-dealkylation sites (tertiary alicyclic amines) is 1. The Hall–Kier alpha value is -2.50. The van der Waals surface area contributed by atoms with Gasteiger partial charge in [0.2, 0.25) is 0 Å². The number of benzene rings is 1. The van der Waals surface area contributed by atoms with Gasteiger partial charge in [0.25, 0.3) is 5.91 Å². The molecule has 0 saturated carbocycles. The van der Waals surface area contributed by atoms with Crippen LogP contribution in [0.3, 0.4) is 0 Å². The molecule has 1 aromatic carbocycles. The molecule has 1 saturated heterocycles. The van der Waals surface area contributed by atoms with Crippen molar-refractivity contribution in [3.05, 3.63) is 41.7 Å². The van der Waals surface area contributed by atoms with Crippen LogP contribution in [0.4, 0.5) is 0 Å². The van der Waals surface area contributed by atoms with Gasteiger partial charge in [-0.25, -0.2) is 0 Å². The first-order valence-electron chi connectivity index (χ1n) is 8.70. The third kappa shape index (κ3) is 3.48. The number of aromatic nitrogens is 2. The van der Waals surface area contributed by atoms with Crippen molar-refractivity contribution >= 4 is 5.91 Å². The lowest BCUT2D eigenvalue weighted by atomic mass is 9.91. The van der Waals surface area contributed by atoms with Gasteiger partial charge in [-0.1, -0.05) is 6.07 Å². The van der Waals surface area contributed by atoms with Gasteiger partial charge < -0.3 is 14.4 Å². The SMILES string of the molecule is CCn1cc(C2CCN(C(=O)c3c(OC)cccc3OC)CC2)cn1. The van der Waals surface area contributed by atoms with Crippen LogP contribution in [-0.2, 0) is 6.54 Å². The Balaban J connectivity index is 1.72. The summed E-state index contributed by atoms with van der Waals surface area (Å²) in [5.41, 5.74) is 1.77. The number of hydrogen-bond acceptors (Lipinski definition) is 4. The third-order valence-electron chi connectivity index (χ3n) is 4.87. The van der Waals surface area contributed by atoms with Crippen molar-refractivity contribution in [3.8, 4) is 11.5 Å². The minimum atomic E-state index is -0.0306. The molecule has 0 spiro atoms. The average Bonchev–Trinajstić information content (AvgIpc) is 3.16. The summed E-state index contributed by atoms with van der Waals surface area (Å²) in [6.45, 7) is 4.41. The Morgan fingerprint density at radius 3 is 2.36 bits per heavy atom. The van der Waals surface area contributed by atoms with Crippen molar-refractivity contribution in [1.82, 2.24) is 14.7 Å². The van der Waals surface area contributed by atoms with E-state index >= 15 is 0 Å². The average molecular weight is 343 g/mol. The topological polar surface area (TPSA) is 56.6 Å². The lowest BCUT2D eigenvalue weighted by molar-refractivity contribution is 0.0706. The third-order valence-corrected chi connectivity index (χ3v) is 4.87. The zero-order chi connectivity index (χ0) is 17.8. The van der Waals surface area contributed by atoms with E-state index in [1.54, 1.807) is 26.4 Å². The smallest absolute Gasteiger partial charge is 0.261 e. The molecule has 6 nitrogen and oxygen atoms in total. The van der Waals surface area contributed by atoms with Crippen LogP contribution in [0.1, 0.15) is 41.6 Å². The summed E-state index contributed by atoms with van der Waals surface area (Å²) in [6.07, 6.45) is 5.96. The van der Waals surface area contributed by atoms with E-state index in [0.29, 0.717) is 23.0 Å². The van der Waals surface area contributed by atoms with E-state index in [9.17, 15) is 4.79 Å². The maximum Gasteiger partial charge on any atom is 0.261 e. The predicted molar refractivity (Wildman–Crippen MR) is 95.3 cm³/mol. The van der Waals surface area contributed by atoms with E-state index in [-0.39, 0.29) is 5.91 Å². The lowest BCUT2D eigenvalue weighted by Gasteiger charge is -2.32. The summed E-state index contributed by atoms with van der Waals surface area (Å²) in [5.74, 6) is 1.53. The molecule has 2 aromatic rings. The van der Waals surface area contributed by atoms with Crippen molar-refractivity contribution in [2.75, 3.05) is 27.3 Å². The van der Waals surface area contributed by atoms with Gasteiger partial charge in [0, 0.05) is 25.8 Å². The van der Waals surface area contributed by atoms with Crippen LogP contribution in [0.2, 0.25) is 0 Å². The van der Waals surface area contributed by atoms with E-state index in [1.807, 2.05) is 21.8 Å². The number of methoxy groups -OCH3 is 2. The Kier molecular flexibility index (Phi) is 5.26. The lowest BCUT2D eigenvalue weighted by Crippen LogP contribution is -2.38. The van der Waals surface area contributed by atoms with Crippen molar-refractivity contribution < 1.29 is 14.3 Å². The monoisotopic (exact) mass is 343 g/mol. The maximum absolute atomic E-state index is 13.0. The fourth-order valence-electron chi connectivity index (χ4n) is 3.40. The number of aryl methyl sites for hydroxylation is 1. The molecule has 0 bridgehead atoms. The molecule has 0 unspecified atom stereocenters. The minimum Gasteiger partial charge on any atom is -0.496 e. The van der Waals surface area contributed by atoms with E-state index in [1.165, 1.54) is 5.56 Å². The zero-order valence-corrected chi connectivity index (χ0v) is 15.1. The van der Waals surface area contributed by atoms with Crippen molar-refractivity contribution in [2.45, 2.75) is 32.2 Å². The molecule has 2 heterocycles. The van der Waals surface area contributed by atoms with Gasteiger partial charge in [0.1, 0.15) is 17.1 Å². The first-order chi connectivity index (χ1) is 12.2. The maximum atomic E-state index is 13.0. The molecule has 1 aliphatic rings. The number of hydrogen-bond donors (Lipinski definition) is 0. The molecule has 1 aromatic heterocycles. The molecule has 1 amide bonds. The minimum absolute atomic E-state index is 0.0306. The van der Waals surface area contributed by atoms with Crippen molar-refractivity contribution in [3.63, 3.8) is 0 Å². The Morgan fingerprint density at radius 1 is 1.20 bits per heavy atom. The molecule has 0 radical (unpaired) electrons. The molecule has 1 aliphatic heterocycles. The highest BCUT2D eigenvalue weighted by atomic mass is 16.5. The number of carbonyl (C=O) groups is 1. The quantitative estimate of drug-likeness (QED) is 0.837. The predicted octanol–water partition coefficient (Wildman–Crippen LogP) is 2.94. The molecule has 1 fully saturated rings. The fraction of sp³-hybridized carbons (Fsp3) is 0.474. The summed E-state index contributed by atoms with van der Waals surface area (Å²) < 4.78 is 12.7. The van der Waals surface area contributed by atoms with Gasteiger partial charge in [-0.3, -0.25) is 9.48 Å². The molecular weight excluding hydrogens is 318 g/mol. The molecule has 0 atom stereocenters. The number of rotatable bonds is 5. The first kappa shape index (κ1) is 17.3. The first-order valence-corrected chi connectivity index (χ1v) is 8.70. The number of amides is 1. The van der Waals surface area contributed by atoms with Crippen LogP contribution in [0.25, 0.3) is 0 Å². The van der Waals surface area contributed by atoms with Crippen LogP contribution in [0.15, 0.2) is 30.6 Å². The summed E-state index contributed by atoms with van der Waals surface area (Å²) in [5, 5.41) is 4.36. The molecule has 6 heteroatoms. The second kappa shape index (κ2) is 7.59. The van der Waals surface area contributed by atoms with Gasteiger partial charge in [-0.05, 0) is 43.4 Å². The molecule has 25 heavy (non-hydrogen) atoms. The van der Waals surface area contributed by atoms with E-state index in [4.69, 9.17) is 9.47 Å². The van der Waals surface area contributed by atoms with Crippen molar-refractivity contribution in [2.24, 2.45) is 0 Å². The van der Waals surface area contributed by atoms with Crippen LogP contribution >= 0.6 is 0 Å². The number of piperidine rings is 1. The summed E-state index contributed by atoms with van der Waals surface area (Å²) in [4.78, 5) is 14.9. The highest BCUT2D eigenvalue weighted by Gasteiger charge is 2.28. The van der Waals surface area contributed by atoms with E-state index in [0.717, 1.165) is 32.5 Å². The van der Waals surface area contributed by atoms with Gasteiger partial charge in [0.05, 0.1) is 20.4 Å². The molecule has 0 aliphatic carbocycles. The van der Waals surface area contributed by atoms with Crippen LogP contribution < -0.4 is 9.47 Å². The Labute approximate surface area is 148 Å². The second-order valence-electron chi connectivity index (χ2n) is 6.23. The van der Waals surface area contributed by atoms with E-state index < -0.39 is 0 Å². The number of ether oxygens (including phenoxy) is 2. The van der Waals surface area contributed by atoms with Gasteiger partial charge in [-0.15, -0.1) is 0 Å². The summed E-state index contributed by atoms with van der Waals surface area (Å²) in [6, 6.07) is 5.41. The normalized spacial score (nSPS) is 15.2. The van der Waals surface area contributed by atoms with Gasteiger partial charge >= 0.3 is 0 Å². The summed E-state index contributed by atoms with van der Waals surface area (Å²) >= 11 is 0. The molecule has 3 rings (SSSR count). The zero-order valence-electron chi connectivity index (χ0n) is 15.1. The molecular formula is C19H25N3O3. The molecule has 134 valence electrons. The van der Waals surface area contributed by atoms with Gasteiger partial charge in [0.15, 0.2) is 0 Å². The highest BCUT2D eigenvalue weighted by molar-refractivity contribution is 5.99. The fourth-order valence-corrected chi connectivity index (χ4v) is 3.40. The number of carbonyl (C=O) groups excluding carboxylic acids is 1. The van der Waals surface area contributed by atoms with Crippen LogP contribution in [-0.4, -0.2) is 47.9 Å². The summed E-state index contributed by atoms with van der Waals surface area (Å²) in [7, 11) is 3.15. The largest absolute Gasteiger partial charge is 0.496 e. The molecule has 0 N–H and O–H groups in total. The van der Waals surface area contributed by atoms with Gasteiger partial charge in [-0.2, -0.15) is 5.10 Å². The van der Waals surface area contributed by atoms with Crippen LogP contribution in [0.5, 0.6) is 11.5 Å². The highest BCUT2D eigenvalue weighted by Crippen LogP contribution is 2.33. The Bertz CT molecular complexity index is 711. The van der Waals surface area contributed by atoms with Crippen molar-refractivity contribution in [1.29, 1.82) is 0 Å². The van der Waals surface area contributed by atoms with Crippen LogP contribution in [0, 0.1) is 0 Å². The standard InChI is InChI=1S/C19H25N3O3/c1-4-22-13-15(12-20-22)14-8-10-21(11-9-14)19(23)18-16(24-2)6-5-7-17(18)25-3/h5-7,12-14H,4,8-11H2,1-3H3. The van der Waals surface area contributed by atoms with E-state index in [2.05, 4.69) is 18.2 Å². The number of nitrogens with zero attached hydrogens (tertiary/aromatic N) is 3. The second-order valence-corrected chi connectivity index (χ2v) is 6.23. The Morgan fingerprint density at radius 2 is 1.84 bits per heavy atom.